The van der Waals surface area contributed by atoms with Crippen LogP contribution in [0.5, 0.6) is 0 Å². The molecule has 5 aromatic rings. The molecule has 0 aromatic heterocycles. The molecule has 47 heavy (non-hydrogen) atoms. The second-order valence-corrected chi connectivity index (χ2v) is 10.1. The number of rotatable bonds is 9. The van der Waals surface area contributed by atoms with Crippen LogP contribution < -0.4 is 5.73 Å². The summed E-state index contributed by atoms with van der Waals surface area (Å²) in [6.07, 6.45) is 11.6. The summed E-state index contributed by atoms with van der Waals surface area (Å²) >= 11 is 0. The van der Waals surface area contributed by atoms with Crippen molar-refractivity contribution in [2.24, 2.45) is 5.73 Å². The lowest BCUT2D eigenvalue weighted by Gasteiger charge is -2.13. The highest BCUT2D eigenvalue weighted by Crippen LogP contribution is 2.37. The molecule has 0 aliphatic rings. The van der Waals surface area contributed by atoms with Crippen molar-refractivity contribution in [3.63, 3.8) is 0 Å². The van der Waals surface area contributed by atoms with Crippen molar-refractivity contribution in [3.05, 3.63) is 150 Å². The number of nitriles is 2. The fourth-order valence-corrected chi connectivity index (χ4v) is 5.29. The van der Waals surface area contributed by atoms with Crippen molar-refractivity contribution in [1.29, 1.82) is 21.3 Å². The van der Waals surface area contributed by atoms with Crippen molar-refractivity contribution >= 4 is 50.3 Å². The van der Waals surface area contributed by atoms with Gasteiger partial charge in [0.2, 0.25) is 0 Å². The lowest BCUT2D eigenvalue weighted by atomic mass is 9.90. The molecule has 0 amide bonds. The van der Waals surface area contributed by atoms with Crippen LogP contribution in [-0.4, -0.2) is 12.4 Å². The summed E-state index contributed by atoms with van der Waals surface area (Å²) in [5.41, 5.74) is 10.9. The van der Waals surface area contributed by atoms with Crippen molar-refractivity contribution in [1.82, 2.24) is 0 Å². The maximum atomic E-state index is 9.34. The highest BCUT2D eigenvalue weighted by molar-refractivity contribution is 6.23. The van der Waals surface area contributed by atoms with E-state index in [-0.39, 0.29) is 5.57 Å². The van der Waals surface area contributed by atoms with E-state index in [1.54, 1.807) is 12.2 Å². The van der Waals surface area contributed by atoms with Gasteiger partial charge in [0.05, 0.1) is 11.1 Å². The third-order valence-corrected chi connectivity index (χ3v) is 7.45. The summed E-state index contributed by atoms with van der Waals surface area (Å²) in [5, 5.41) is 40.2. The number of nitrogens with zero attached hydrogens (tertiary/aromatic N) is 2. The number of hydrogen-bond donors (Lipinski definition) is 3. The average Bonchev–Trinajstić information content (AvgIpc) is 3.12. The summed E-state index contributed by atoms with van der Waals surface area (Å²) in [6, 6.07) is 31.7. The van der Waals surface area contributed by atoms with Crippen molar-refractivity contribution in [3.8, 4) is 23.3 Å². The average molecular weight is 614 g/mol. The molecule has 0 aliphatic carbocycles. The van der Waals surface area contributed by atoms with Crippen molar-refractivity contribution in [2.75, 3.05) is 0 Å². The minimum atomic E-state index is 0.212. The molecule has 5 nitrogen and oxygen atoms in total. The second kappa shape index (κ2) is 17.3. The van der Waals surface area contributed by atoms with Gasteiger partial charge in [0, 0.05) is 29.3 Å². The zero-order chi connectivity index (χ0) is 34.3. The van der Waals surface area contributed by atoms with Gasteiger partial charge in [0.25, 0.3) is 0 Å². The van der Waals surface area contributed by atoms with Gasteiger partial charge in [0.1, 0.15) is 12.1 Å². The second-order valence-electron chi connectivity index (χ2n) is 10.1. The SMILES string of the molecule is C=C/C(=C(/C#N)C=N)c1cccc(-c2cc3ccc4cccc5ccc(c2)c3c45)c1.C=CC(/C(N)=C/C=C\CC)=C(/C#N)C=N.CC. The summed E-state index contributed by atoms with van der Waals surface area (Å²) < 4.78 is 0. The first-order valence-electron chi connectivity index (χ1n) is 15.4. The van der Waals surface area contributed by atoms with E-state index in [1.165, 1.54) is 38.4 Å². The predicted octanol–water partition coefficient (Wildman–Crippen LogP) is 10.8. The number of allylic oxidation sites excluding steroid dienone is 8. The smallest absolute Gasteiger partial charge is 0.101 e. The Balaban J connectivity index is 0.000000301. The summed E-state index contributed by atoms with van der Waals surface area (Å²) in [5.74, 6) is 0. The third-order valence-electron chi connectivity index (χ3n) is 7.45. The van der Waals surface area contributed by atoms with E-state index < -0.39 is 0 Å². The number of hydrogen-bond acceptors (Lipinski definition) is 5. The van der Waals surface area contributed by atoms with E-state index in [4.69, 9.17) is 21.8 Å². The molecule has 0 spiro atoms. The molecule has 0 saturated heterocycles. The zero-order valence-electron chi connectivity index (χ0n) is 27.1. The lowest BCUT2D eigenvalue weighted by molar-refractivity contribution is 1.22. The molecule has 5 rings (SSSR count). The van der Waals surface area contributed by atoms with E-state index in [0.29, 0.717) is 22.4 Å². The molecule has 0 atom stereocenters. The maximum Gasteiger partial charge on any atom is 0.101 e. The Morgan fingerprint density at radius 1 is 0.745 bits per heavy atom. The quantitative estimate of drug-likeness (QED) is 0.0663. The molecule has 0 bridgehead atoms. The monoisotopic (exact) mass is 613 g/mol. The van der Waals surface area contributed by atoms with Gasteiger partial charge >= 0.3 is 0 Å². The van der Waals surface area contributed by atoms with E-state index in [0.717, 1.165) is 35.5 Å². The summed E-state index contributed by atoms with van der Waals surface area (Å²) in [7, 11) is 0. The van der Waals surface area contributed by atoms with Gasteiger partial charge in [0.15, 0.2) is 0 Å². The minimum Gasteiger partial charge on any atom is -0.398 e. The molecular weight excluding hydrogens is 574 g/mol. The van der Waals surface area contributed by atoms with E-state index in [1.807, 2.05) is 51.1 Å². The van der Waals surface area contributed by atoms with Crippen LogP contribution in [0.4, 0.5) is 0 Å². The largest absolute Gasteiger partial charge is 0.398 e. The third kappa shape index (κ3) is 7.87. The van der Waals surface area contributed by atoms with Crippen LogP contribution in [0, 0.1) is 33.5 Å². The maximum absolute atomic E-state index is 9.34. The Bertz CT molecular complexity index is 2080. The molecular formula is C42H39N5. The molecule has 0 radical (unpaired) electrons. The van der Waals surface area contributed by atoms with Crippen LogP contribution in [0.1, 0.15) is 32.8 Å². The van der Waals surface area contributed by atoms with Crippen molar-refractivity contribution in [2.45, 2.75) is 27.2 Å². The topological polar surface area (TPSA) is 121 Å². The fraction of sp³-hybridized carbons (Fsp3) is 0.0952. The highest BCUT2D eigenvalue weighted by Gasteiger charge is 2.11. The lowest BCUT2D eigenvalue weighted by Crippen LogP contribution is -2.02. The van der Waals surface area contributed by atoms with Crippen LogP contribution in [0.15, 0.2) is 145 Å². The molecule has 5 aromatic carbocycles. The van der Waals surface area contributed by atoms with Crippen LogP contribution >= 0.6 is 0 Å². The molecule has 4 N–H and O–H groups in total. The Labute approximate surface area is 277 Å². The van der Waals surface area contributed by atoms with E-state index >= 15 is 0 Å². The molecule has 5 heteroatoms. The Hall–Kier alpha value is -6.30. The van der Waals surface area contributed by atoms with Crippen LogP contribution in [0.2, 0.25) is 0 Å². The molecule has 0 heterocycles. The number of benzene rings is 5. The van der Waals surface area contributed by atoms with Crippen LogP contribution in [0.3, 0.4) is 0 Å². The molecule has 0 unspecified atom stereocenters. The number of nitrogens with one attached hydrogen (secondary N) is 2. The van der Waals surface area contributed by atoms with E-state index in [2.05, 4.69) is 86.0 Å². The molecule has 232 valence electrons. The Morgan fingerprint density at radius 3 is 1.81 bits per heavy atom. The Morgan fingerprint density at radius 2 is 1.30 bits per heavy atom. The zero-order valence-corrected chi connectivity index (χ0v) is 27.1. The van der Waals surface area contributed by atoms with E-state index in [9.17, 15) is 5.26 Å². The first-order valence-corrected chi connectivity index (χ1v) is 15.4. The fourth-order valence-electron chi connectivity index (χ4n) is 5.29. The van der Waals surface area contributed by atoms with Gasteiger partial charge in [-0.05, 0) is 79.7 Å². The summed E-state index contributed by atoms with van der Waals surface area (Å²) in [4.78, 5) is 0. The highest BCUT2D eigenvalue weighted by atomic mass is 14.6. The summed E-state index contributed by atoms with van der Waals surface area (Å²) in [6.45, 7) is 13.4. The standard InChI is InChI=1S/C28H18N2.C12H15N3.C2H6/c1-2-26(25(16-29)17-30)21-8-4-7-20(13-21)24-14-22-11-9-18-5-3-6-19-10-12-23(15-24)28(22)27(18)19;1-3-5-6-7-12(15)11(4-2)10(8-13)9-14;1-2/h2-16,29H,1H2;4-8,13H,2-3,15H2,1H3;1-2H3/b26-25-,29-16?;6-5-,11-10-,12-7-,13-8?;. The van der Waals surface area contributed by atoms with Crippen molar-refractivity contribution < 1.29 is 0 Å². The van der Waals surface area contributed by atoms with Crippen LogP contribution in [-0.2, 0) is 0 Å². The minimum absolute atomic E-state index is 0.212. The molecule has 0 fully saturated rings. The number of nitrogens with two attached hydrogens (primary N) is 1. The first-order chi connectivity index (χ1) is 22.9. The van der Waals surface area contributed by atoms with Gasteiger partial charge in [-0.3, -0.25) is 0 Å². The van der Waals surface area contributed by atoms with Crippen LogP contribution in [0.25, 0.3) is 49.0 Å². The van der Waals surface area contributed by atoms with Gasteiger partial charge in [-0.15, -0.1) is 0 Å². The van der Waals surface area contributed by atoms with Gasteiger partial charge < -0.3 is 16.6 Å². The normalized spacial score (nSPS) is 12.1. The van der Waals surface area contributed by atoms with Gasteiger partial charge in [-0.2, -0.15) is 10.5 Å². The molecule has 0 aliphatic heterocycles. The van der Waals surface area contributed by atoms with Gasteiger partial charge in [-0.25, -0.2) is 0 Å². The van der Waals surface area contributed by atoms with Gasteiger partial charge in [-0.1, -0.05) is 119 Å². The Kier molecular flexibility index (Phi) is 12.9. The predicted molar refractivity (Wildman–Crippen MR) is 202 cm³/mol. The first kappa shape index (κ1) is 35.2. The molecule has 0 saturated carbocycles.